The summed E-state index contributed by atoms with van der Waals surface area (Å²) in [6.45, 7) is 2.86. The molecule has 0 heterocycles. The van der Waals surface area contributed by atoms with Gasteiger partial charge in [-0.15, -0.1) is 0 Å². The van der Waals surface area contributed by atoms with Gasteiger partial charge in [-0.25, -0.2) is 4.79 Å². The second-order valence-corrected chi connectivity index (χ2v) is 2.54. The molecule has 8 nitrogen and oxygen atoms in total. The highest BCUT2D eigenvalue weighted by Crippen LogP contribution is 2.10. The van der Waals surface area contributed by atoms with Crippen LogP contribution in [0.5, 0.6) is 0 Å². The van der Waals surface area contributed by atoms with E-state index < -0.39 is 28.1 Å². The van der Waals surface area contributed by atoms with Gasteiger partial charge in [0.15, 0.2) is 0 Å². The monoisotopic (exact) mass is 204 g/mol. The van der Waals surface area contributed by atoms with E-state index in [1.54, 1.807) is 0 Å². The third-order valence-corrected chi connectivity index (χ3v) is 1.44. The van der Waals surface area contributed by atoms with Crippen molar-refractivity contribution in [1.29, 1.82) is 0 Å². The maximum atomic E-state index is 10.5. The number of rotatable bonds is 5. The summed E-state index contributed by atoms with van der Waals surface area (Å²) in [5, 5.41) is 20.6. The lowest BCUT2D eigenvalue weighted by Crippen LogP contribution is -2.47. The summed E-state index contributed by atoms with van der Waals surface area (Å²) in [4.78, 5) is 28.9. The van der Waals surface area contributed by atoms with E-state index in [0.717, 1.165) is 13.0 Å². The minimum absolute atomic E-state index is 0.753. The van der Waals surface area contributed by atoms with Crippen LogP contribution in [0.3, 0.4) is 0 Å². The van der Waals surface area contributed by atoms with Crippen LogP contribution in [-0.4, -0.2) is 28.1 Å². The van der Waals surface area contributed by atoms with Crippen molar-refractivity contribution in [2.45, 2.75) is 12.6 Å². The Balaban J connectivity index is 4.55. The summed E-state index contributed by atoms with van der Waals surface area (Å²) in [7, 11) is 0. The molecule has 0 spiro atoms. The number of nitro groups is 2. The van der Waals surface area contributed by atoms with Gasteiger partial charge >= 0.3 is 11.6 Å². The van der Waals surface area contributed by atoms with E-state index in [4.69, 9.17) is 0 Å². The van der Waals surface area contributed by atoms with Gasteiger partial charge in [-0.1, -0.05) is 6.58 Å². The van der Waals surface area contributed by atoms with Gasteiger partial charge in [0, 0.05) is 6.08 Å². The molecule has 0 aromatic heterocycles. The van der Waals surface area contributed by atoms with Gasteiger partial charge < -0.3 is 4.74 Å². The van der Waals surface area contributed by atoms with Crippen LogP contribution in [0.1, 0.15) is 6.92 Å². The molecule has 8 heteroatoms. The molecule has 0 aromatic rings. The molecule has 0 saturated carbocycles. The Bertz CT molecular complexity index is 272. The topological polar surface area (TPSA) is 113 Å². The first-order chi connectivity index (χ1) is 6.34. The first-order valence-corrected chi connectivity index (χ1v) is 3.42. The van der Waals surface area contributed by atoms with Gasteiger partial charge in [0.05, 0.1) is 6.92 Å². The number of hydrogen-bond donors (Lipinski definition) is 0. The fourth-order valence-electron chi connectivity index (χ4n) is 0.439. The van der Waals surface area contributed by atoms with Crippen LogP contribution in [0, 0.1) is 20.2 Å². The molecular weight excluding hydrogens is 196 g/mol. The maximum absolute atomic E-state index is 10.5. The predicted molar refractivity (Wildman–Crippen MR) is 43.5 cm³/mol. The minimum Gasteiger partial charge on any atom is -0.447 e. The molecule has 0 saturated heterocycles. The van der Waals surface area contributed by atoms with Crippen LogP contribution in [0.2, 0.25) is 0 Å². The van der Waals surface area contributed by atoms with Gasteiger partial charge in [-0.05, 0) is 0 Å². The van der Waals surface area contributed by atoms with E-state index in [1.165, 1.54) is 0 Å². The summed E-state index contributed by atoms with van der Waals surface area (Å²) in [6.07, 6.45) is 0.764. The van der Waals surface area contributed by atoms with Gasteiger partial charge in [0.25, 0.3) is 0 Å². The van der Waals surface area contributed by atoms with Crippen LogP contribution in [0.4, 0.5) is 0 Å². The lowest BCUT2D eigenvalue weighted by Gasteiger charge is -2.11. The lowest BCUT2D eigenvalue weighted by molar-refractivity contribution is -0.793. The summed E-state index contributed by atoms with van der Waals surface area (Å²) < 4.78 is 4.24. The Hall–Kier alpha value is -1.99. The van der Waals surface area contributed by atoms with Gasteiger partial charge in [-0.3, -0.25) is 20.2 Å². The highest BCUT2D eigenvalue weighted by atomic mass is 16.7. The van der Waals surface area contributed by atoms with Crippen molar-refractivity contribution in [3.63, 3.8) is 0 Å². The zero-order valence-corrected chi connectivity index (χ0v) is 7.34. The van der Waals surface area contributed by atoms with Crippen molar-refractivity contribution >= 4 is 5.97 Å². The van der Waals surface area contributed by atoms with Crippen molar-refractivity contribution in [2.24, 2.45) is 0 Å². The number of carbonyl (C=O) groups excluding carboxylic acids is 1. The zero-order valence-electron chi connectivity index (χ0n) is 7.34. The molecular formula is C6H8N2O6. The largest absolute Gasteiger partial charge is 0.488 e. The van der Waals surface area contributed by atoms with Crippen LogP contribution in [0.15, 0.2) is 12.7 Å². The van der Waals surface area contributed by atoms with Gasteiger partial charge in [-0.2, -0.15) is 0 Å². The molecule has 0 aromatic carbocycles. The first kappa shape index (κ1) is 12.0. The van der Waals surface area contributed by atoms with E-state index in [-0.39, 0.29) is 0 Å². The first-order valence-electron chi connectivity index (χ1n) is 3.42. The second-order valence-electron chi connectivity index (χ2n) is 2.54. The Morgan fingerprint density at radius 3 is 2.21 bits per heavy atom. The van der Waals surface area contributed by atoms with Crippen molar-refractivity contribution in [1.82, 2.24) is 0 Å². The third-order valence-electron chi connectivity index (χ3n) is 1.44. The molecule has 0 aliphatic heterocycles. The predicted octanol–water partition coefficient (Wildman–Crippen LogP) is -0.0148. The molecule has 0 amide bonds. The lowest BCUT2D eigenvalue weighted by atomic mass is 10.2. The van der Waals surface area contributed by atoms with E-state index in [0.29, 0.717) is 0 Å². The molecule has 0 fully saturated rings. The van der Waals surface area contributed by atoms with Gasteiger partial charge in [0.2, 0.25) is 6.61 Å². The fraction of sp³-hybridized carbons (Fsp3) is 0.500. The molecule has 0 radical (unpaired) electrons. The SMILES string of the molecule is C=CC(=O)OCC(C)([N+](=O)[O-])[N+](=O)[O-]. The molecule has 14 heavy (non-hydrogen) atoms. The van der Waals surface area contributed by atoms with Gasteiger partial charge in [0.1, 0.15) is 9.85 Å². The highest BCUT2D eigenvalue weighted by Gasteiger charge is 2.52. The normalized spacial score (nSPS) is 10.4. The molecule has 0 aliphatic carbocycles. The smallest absolute Gasteiger partial charge is 0.447 e. The number of hydrogen-bond acceptors (Lipinski definition) is 6. The summed E-state index contributed by atoms with van der Waals surface area (Å²) >= 11 is 0. The van der Waals surface area contributed by atoms with Crippen molar-refractivity contribution in [3.8, 4) is 0 Å². The number of ether oxygens (including phenoxy) is 1. The van der Waals surface area contributed by atoms with Crippen molar-refractivity contribution in [3.05, 3.63) is 32.9 Å². The average Bonchev–Trinajstić information content (AvgIpc) is 2.12. The zero-order chi connectivity index (χ0) is 11.4. The summed E-state index contributed by atoms with van der Waals surface area (Å²) in [5.74, 6) is -0.945. The van der Waals surface area contributed by atoms with Crippen LogP contribution < -0.4 is 0 Å². The quantitative estimate of drug-likeness (QED) is 0.204. The maximum Gasteiger partial charge on any atom is 0.488 e. The number of carbonyl (C=O) groups is 1. The molecule has 0 unspecified atom stereocenters. The summed E-state index contributed by atoms with van der Waals surface area (Å²) in [5.41, 5.74) is -2.52. The highest BCUT2D eigenvalue weighted by molar-refractivity contribution is 5.81. The molecule has 78 valence electrons. The number of esters is 1. The van der Waals surface area contributed by atoms with Crippen molar-refractivity contribution in [2.75, 3.05) is 6.61 Å². The second kappa shape index (κ2) is 4.30. The molecule has 0 rings (SSSR count). The number of nitrogens with zero attached hydrogens (tertiary/aromatic N) is 2. The Labute approximate surface area is 78.5 Å². The summed E-state index contributed by atoms with van der Waals surface area (Å²) in [6, 6.07) is 0. The van der Waals surface area contributed by atoms with Crippen molar-refractivity contribution < 1.29 is 19.4 Å². The van der Waals surface area contributed by atoms with E-state index in [1.807, 2.05) is 0 Å². The molecule has 0 bridgehead atoms. The van der Waals surface area contributed by atoms with Crippen LogP contribution in [0.25, 0.3) is 0 Å². The standard InChI is InChI=1S/C6H8N2O6/c1-3-5(9)14-4-6(2,7(10)11)8(12)13/h3H,1,4H2,2H3. The van der Waals surface area contributed by atoms with Crippen LogP contribution in [-0.2, 0) is 9.53 Å². The minimum atomic E-state index is -2.52. The fourth-order valence-corrected chi connectivity index (χ4v) is 0.439. The Morgan fingerprint density at radius 2 is 1.93 bits per heavy atom. The van der Waals surface area contributed by atoms with E-state index in [2.05, 4.69) is 11.3 Å². The molecule has 0 aliphatic rings. The van der Waals surface area contributed by atoms with Crippen LogP contribution >= 0.6 is 0 Å². The average molecular weight is 204 g/mol. The Kier molecular flexibility index (Phi) is 3.69. The Morgan fingerprint density at radius 1 is 1.50 bits per heavy atom. The van der Waals surface area contributed by atoms with E-state index in [9.17, 15) is 25.0 Å². The molecule has 0 atom stereocenters. The van der Waals surface area contributed by atoms with E-state index >= 15 is 0 Å². The molecule has 0 N–H and O–H groups in total. The third kappa shape index (κ3) is 2.51.